The van der Waals surface area contributed by atoms with E-state index in [2.05, 4.69) is 31.9 Å². The minimum Gasteiger partial charge on any atom is -0.339 e. The van der Waals surface area contributed by atoms with E-state index >= 15 is 0 Å². The molecule has 3 heterocycles. The zero-order chi connectivity index (χ0) is 19.2. The smallest absolute Gasteiger partial charge is 0.317 e. The van der Waals surface area contributed by atoms with E-state index in [9.17, 15) is 4.79 Å². The first-order valence-corrected chi connectivity index (χ1v) is 9.94. The molecule has 0 spiro atoms. The molecule has 0 aliphatic carbocycles. The summed E-state index contributed by atoms with van der Waals surface area (Å²) in [6, 6.07) is -0.00959. The molecule has 0 bridgehead atoms. The third kappa shape index (κ3) is 4.87. The van der Waals surface area contributed by atoms with Crippen molar-refractivity contribution < 1.29 is 9.32 Å². The molecule has 1 unspecified atom stereocenters. The van der Waals surface area contributed by atoms with E-state index in [1.54, 1.807) is 0 Å². The minimum absolute atomic E-state index is 0.00959. The molecule has 2 aromatic rings. The standard InChI is InChI=1S/C19H30N6O2/c1-4-16-20-9-12-24(16)11-6-8-21-19(26)25-10-5-7-15(13-25)18-22-17(14(2)3)23-27-18/h9,12,14-15H,4-8,10-11,13H2,1-3H3,(H,21,26). The molecule has 3 rings (SSSR count). The first kappa shape index (κ1) is 19.4. The van der Waals surface area contributed by atoms with Gasteiger partial charge in [0.1, 0.15) is 5.82 Å². The Morgan fingerprint density at radius 1 is 1.44 bits per heavy atom. The number of hydrogen-bond donors (Lipinski definition) is 1. The molecule has 1 saturated heterocycles. The van der Waals surface area contributed by atoms with Crippen molar-refractivity contribution in [3.05, 3.63) is 29.9 Å². The van der Waals surface area contributed by atoms with Gasteiger partial charge in [0.15, 0.2) is 5.82 Å². The summed E-state index contributed by atoms with van der Waals surface area (Å²) in [6.07, 6.45) is 7.55. The summed E-state index contributed by atoms with van der Waals surface area (Å²) in [4.78, 5) is 23.2. The number of piperidine rings is 1. The van der Waals surface area contributed by atoms with E-state index in [1.807, 2.05) is 31.1 Å². The summed E-state index contributed by atoms with van der Waals surface area (Å²) in [5, 5.41) is 7.08. The highest BCUT2D eigenvalue weighted by atomic mass is 16.5. The topological polar surface area (TPSA) is 89.1 Å². The number of nitrogens with one attached hydrogen (secondary N) is 1. The number of likely N-dealkylation sites (tertiary alicyclic amines) is 1. The number of amides is 2. The van der Waals surface area contributed by atoms with Gasteiger partial charge in [-0.05, 0) is 19.3 Å². The molecule has 2 amide bonds. The summed E-state index contributed by atoms with van der Waals surface area (Å²) in [7, 11) is 0. The maximum atomic E-state index is 12.5. The number of aromatic nitrogens is 4. The predicted molar refractivity (Wildman–Crippen MR) is 102 cm³/mol. The van der Waals surface area contributed by atoms with Crippen LogP contribution in [0.3, 0.4) is 0 Å². The Kier molecular flexibility index (Phi) is 6.47. The fraction of sp³-hybridized carbons (Fsp3) is 0.684. The molecule has 1 fully saturated rings. The van der Waals surface area contributed by atoms with E-state index in [-0.39, 0.29) is 17.9 Å². The van der Waals surface area contributed by atoms with Gasteiger partial charge >= 0.3 is 6.03 Å². The van der Waals surface area contributed by atoms with Crippen LogP contribution in [0.25, 0.3) is 0 Å². The van der Waals surface area contributed by atoms with Crippen molar-refractivity contribution in [2.75, 3.05) is 19.6 Å². The van der Waals surface area contributed by atoms with Gasteiger partial charge in [0.05, 0.1) is 5.92 Å². The zero-order valence-corrected chi connectivity index (χ0v) is 16.5. The molecule has 0 saturated carbocycles. The molecule has 1 aliphatic rings. The fourth-order valence-electron chi connectivity index (χ4n) is 3.43. The number of hydrogen-bond acceptors (Lipinski definition) is 5. The molecule has 1 atom stereocenters. The molecule has 0 radical (unpaired) electrons. The Bertz CT molecular complexity index is 738. The molecule has 27 heavy (non-hydrogen) atoms. The zero-order valence-electron chi connectivity index (χ0n) is 16.5. The quantitative estimate of drug-likeness (QED) is 0.753. The van der Waals surface area contributed by atoms with Crippen LogP contribution < -0.4 is 5.32 Å². The Labute approximate surface area is 160 Å². The van der Waals surface area contributed by atoms with Crippen LogP contribution in [0.2, 0.25) is 0 Å². The largest absolute Gasteiger partial charge is 0.339 e. The van der Waals surface area contributed by atoms with E-state index in [0.29, 0.717) is 19.0 Å². The van der Waals surface area contributed by atoms with Gasteiger partial charge in [-0.1, -0.05) is 25.9 Å². The first-order valence-electron chi connectivity index (χ1n) is 9.94. The summed E-state index contributed by atoms with van der Waals surface area (Å²) in [6.45, 7) is 9.11. The van der Waals surface area contributed by atoms with Crippen LogP contribution in [-0.4, -0.2) is 50.3 Å². The lowest BCUT2D eigenvalue weighted by Crippen LogP contribution is -2.45. The third-order valence-corrected chi connectivity index (χ3v) is 5.00. The number of carbonyl (C=O) groups is 1. The lowest BCUT2D eigenvalue weighted by molar-refractivity contribution is 0.172. The lowest BCUT2D eigenvalue weighted by atomic mass is 9.98. The van der Waals surface area contributed by atoms with Crippen molar-refractivity contribution in [3.63, 3.8) is 0 Å². The Balaban J connectivity index is 1.45. The van der Waals surface area contributed by atoms with Crippen molar-refractivity contribution in [3.8, 4) is 0 Å². The molecule has 1 aliphatic heterocycles. The van der Waals surface area contributed by atoms with Gasteiger partial charge in [-0.25, -0.2) is 9.78 Å². The number of urea groups is 1. The van der Waals surface area contributed by atoms with Crippen molar-refractivity contribution in [2.24, 2.45) is 0 Å². The normalized spacial score (nSPS) is 17.5. The van der Waals surface area contributed by atoms with Crippen LogP contribution in [-0.2, 0) is 13.0 Å². The first-order chi connectivity index (χ1) is 13.1. The van der Waals surface area contributed by atoms with Gasteiger partial charge in [0, 0.05) is 50.9 Å². The second-order valence-electron chi connectivity index (χ2n) is 7.41. The van der Waals surface area contributed by atoms with E-state index in [4.69, 9.17) is 4.52 Å². The fourth-order valence-corrected chi connectivity index (χ4v) is 3.43. The SMILES string of the molecule is CCc1nccn1CCCNC(=O)N1CCCC(c2nc(C(C)C)no2)C1. The van der Waals surface area contributed by atoms with Crippen LogP contribution in [0.4, 0.5) is 4.79 Å². The number of imidazole rings is 1. The highest BCUT2D eigenvalue weighted by Gasteiger charge is 2.28. The second-order valence-corrected chi connectivity index (χ2v) is 7.41. The summed E-state index contributed by atoms with van der Waals surface area (Å²) >= 11 is 0. The van der Waals surface area contributed by atoms with Crippen molar-refractivity contribution >= 4 is 6.03 Å². The van der Waals surface area contributed by atoms with Crippen molar-refractivity contribution in [1.29, 1.82) is 0 Å². The summed E-state index contributed by atoms with van der Waals surface area (Å²) in [5.74, 6) is 2.85. The van der Waals surface area contributed by atoms with Gasteiger partial charge in [0.2, 0.25) is 5.89 Å². The molecular weight excluding hydrogens is 344 g/mol. The molecule has 2 aromatic heterocycles. The van der Waals surface area contributed by atoms with Crippen LogP contribution in [0.15, 0.2) is 16.9 Å². The molecule has 1 N–H and O–H groups in total. The Morgan fingerprint density at radius 3 is 3.04 bits per heavy atom. The summed E-state index contributed by atoms with van der Waals surface area (Å²) < 4.78 is 7.57. The summed E-state index contributed by atoms with van der Waals surface area (Å²) in [5.41, 5.74) is 0. The highest BCUT2D eigenvalue weighted by molar-refractivity contribution is 5.74. The van der Waals surface area contributed by atoms with Crippen LogP contribution in [0.1, 0.15) is 69.4 Å². The van der Waals surface area contributed by atoms with Crippen molar-refractivity contribution in [1.82, 2.24) is 29.9 Å². The Hall–Kier alpha value is -2.38. The van der Waals surface area contributed by atoms with Gasteiger partial charge in [0.25, 0.3) is 0 Å². The monoisotopic (exact) mass is 374 g/mol. The van der Waals surface area contributed by atoms with Crippen molar-refractivity contribution in [2.45, 2.75) is 64.8 Å². The predicted octanol–water partition coefficient (Wildman–Crippen LogP) is 2.93. The van der Waals surface area contributed by atoms with Gasteiger partial charge in [-0.3, -0.25) is 0 Å². The van der Waals surface area contributed by atoms with E-state index < -0.39 is 0 Å². The molecule has 148 valence electrons. The van der Waals surface area contributed by atoms with Gasteiger partial charge in [-0.15, -0.1) is 0 Å². The maximum Gasteiger partial charge on any atom is 0.317 e. The minimum atomic E-state index is -0.00959. The third-order valence-electron chi connectivity index (χ3n) is 5.00. The lowest BCUT2D eigenvalue weighted by Gasteiger charge is -2.31. The maximum absolute atomic E-state index is 12.5. The second kappa shape index (κ2) is 9.01. The average molecular weight is 374 g/mol. The highest BCUT2D eigenvalue weighted by Crippen LogP contribution is 2.26. The number of carbonyl (C=O) groups excluding carboxylic acids is 1. The average Bonchev–Trinajstić information content (AvgIpc) is 3.34. The molecule has 8 heteroatoms. The Morgan fingerprint density at radius 2 is 2.30 bits per heavy atom. The molecule has 8 nitrogen and oxygen atoms in total. The van der Waals surface area contributed by atoms with E-state index in [1.165, 1.54) is 0 Å². The van der Waals surface area contributed by atoms with Crippen LogP contribution in [0, 0.1) is 0 Å². The van der Waals surface area contributed by atoms with Crippen LogP contribution in [0.5, 0.6) is 0 Å². The number of nitrogens with zero attached hydrogens (tertiary/aromatic N) is 5. The molecule has 0 aromatic carbocycles. The van der Waals surface area contributed by atoms with Gasteiger partial charge < -0.3 is 19.3 Å². The van der Waals surface area contributed by atoms with E-state index in [0.717, 1.165) is 50.4 Å². The molecular formula is C19H30N6O2. The van der Waals surface area contributed by atoms with Gasteiger partial charge in [-0.2, -0.15) is 4.98 Å². The number of aryl methyl sites for hydroxylation is 2. The number of rotatable bonds is 7. The van der Waals surface area contributed by atoms with Crippen LogP contribution >= 0.6 is 0 Å².